The Morgan fingerprint density at radius 1 is 1.14 bits per heavy atom. The Morgan fingerprint density at radius 3 is 2.59 bits per heavy atom. The maximum Gasteiger partial charge on any atom is 0.335 e. The van der Waals surface area contributed by atoms with E-state index in [0.29, 0.717) is 23.4 Å². The monoisotopic (exact) mass is 505 g/mol. The highest BCUT2D eigenvalue weighted by Gasteiger charge is 2.34. The summed E-state index contributed by atoms with van der Waals surface area (Å²) in [4.78, 5) is 11.4. The molecule has 1 unspecified atom stereocenters. The van der Waals surface area contributed by atoms with Crippen molar-refractivity contribution < 1.29 is 24.1 Å². The first kappa shape index (κ1) is 26.2. The largest absolute Gasteiger partial charge is 0.496 e. The van der Waals surface area contributed by atoms with Gasteiger partial charge in [0.05, 0.1) is 35.7 Å². The number of aromatic carboxylic acids is 1. The number of aliphatic hydroxyl groups is 1. The Morgan fingerprint density at radius 2 is 1.89 bits per heavy atom. The van der Waals surface area contributed by atoms with E-state index in [0.717, 1.165) is 22.2 Å². The zero-order valence-corrected chi connectivity index (χ0v) is 21.7. The second-order valence-electron chi connectivity index (χ2n) is 10.4. The Balaban J connectivity index is 1.60. The second kappa shape index (κ2) is 9.86. The molecular weight excluding hydrogens is 473 g/mol. The lowest BCUT2D eigenvalue weighted by molar-refractivity contribution is 0.0436. The van der Waals surface area contributed by atoms with Crippen molar-refractivity contribution in [3.05, 3.63) is 83.3 Å². The van der Waals surface area contributed by atoms with Gasteiger partial charge in [-0.15, -0.1) is 0 Å². The van der Waals surface area contributed by atoms with E-state index in [1.807, 2.05) is 39.0 Å². The molecule has 1 atom stereocenters. The smallest absolute Gasteiger partial charge is 0.335 e. The molecule has 194 valence electrons. The van der Waals surface area contributed by atoms with Crippen LogP contribution in [0.15, 0.2) is 60.8 Å². The van der Waals surface area contributed by atoms with Crippen molar-refractivity contribution in [3.63, 3.8) is 0 Å². The molecule has 0 bridgehead atoms. The first-order chi connectivity index (χ1) is 17.4. The van der Waals surface area contributed by atoms with Gasteiger partial charge < -0.3 is 20.3 Å². The van der Waals surface area contributed by atoms with Crippen LogP contribution in [-0.2, 0) is 5.41 Å². The van der Waals surface area contributed by atoms with Gasteiger partial charge in [-0.05, 0) is 79.8 Å². The number of carbonyl (C=O) groups is 1. The van der Waals surface area contributed by atoms with Crippen LogP contribution in [0.25, 0.3) is 16.6 Å². The lowest BCUT2D eigenvalue weighted by Gasteiger charge is -2.35. The highest BCUT2D eigenvalue weighted by molar-refractivity contribution is 5.93. The average Bonchev–Trinajstić information content (AvgIpc) is 3.26. The lowest BCUT2D eigenvalue weighted by atomic mass is 9.75. The van der Waals surface area contributed by atoms with Crippen LogP contribution in [0.1, 0.15) is 48.7 Å². The second-order valence-corrected chi connectivity index (χ2v) is 10.4. The summed E-state index contributed by atoms with van der Waals surface area (Å²) in [5.41, 5.74) is 2.41. The van der Waals surface area contributed by atoms with Crippen molar-refractivity contribution in [2.45, 2.75) is 45.1 Å². The van der Waals surface area contributed by atoms with Gasteiger partial charge in [0, 0.05) is 23.2 Å². The summed E-state index contributed by atoms with van der Waals surface area (Å²) in [5.74, 6) is -0.775. The number of ether oxygens (including phenoxy) is 1. The highest BCUT2D eigenvalue weighted by Crippen LogP contribution is 2.38. The first-order valence-corrected chi connectivity index (χ1v) is 12.0. The molecule has 4 rings (SSSR count). The van der Waals surface area contributed by atoms with Crippen molar-refractivity contribution in [1.82, 2.24) is 9.78 Å². The molecule has 0 saturated heterocycles. The van der Waals surface area contributed by atoms with Gasteiger partial charge in [0.2, 0.25) is 0 Å². The molecule has 0 fully saturated rings. The molecule has 3 N–H and O–H groups in total. The van der Waals surface area contributed by atoms with Crippen molar-refractivity contribution >= 4 is 22.6 Å². The van der Waals surface area contributed by atoms with E-state index >= 15 is 0 Å². The van der Waals surface area contributed by atoms with Gasteiger partial charge in [-0.3, -0.25) is 0 Å². The lowest BCUT2D eigenvalue weighted by Crippen LogP contribution is -2.40. The molecule has 4 aromatic rings. The number of hydrogen-bond donors (Lipinski definition) is 3. The molecule has 1 heterocycles. The summed E-state index contributed by atoms with van der Waals surface area (Å²) in [6.07, 6.45) is 2.07. The zero-order valence-electron chi connectivity index (χ0n) is 21.7. The van der Waals surface area contributed by atoms with Crippen LogP contribution < -0.4 is 10.1 Å². The minimum Gasteiger partial charge on any atom is -0.496 e. The van der Waals surface area contributed by atoms with E-state index < -0.39 is 17.0 Å². The van der Waals surface area contributed by atoms with E-state index in [-0.39, 0.29) is 17.9 Å². The summed E-state index contributed by atoms with van der Waals surface area (Å²) in [5, 5.41) is 29.4. The Kier molecular flexibility index (Phi) is 6.97. The predicted molar refractivity (Wildman–Crippen MR) is 142 cm³/mol. The molecule has 7 nitrogen and oxygen atoms in total. The van der Waals surface area contributed by atoms with Gasteiger partial charge in [0.25, 0.3) is 0 Å². The average molecular weight is 506 g/mol. The van der Waals surface area contributed by atoms with Crippen LogP contribution in [0.2, 0.25) is 0 Å². The van der Waals surface area contributed by atoms with E-state index in [1.54, 1.807) is 49.2 Å². The third-order valence-corrected chi connectivity index (χ3v) is 6.54. The van der Waals surface area contributed by atoms with Crippen LogP contribution in [0.3, 0.4) is 0 Å². The van der Waals surface area contributed by atoms with Gasteiger partial charge in [-0.25, -0.2) is 13.9 Å². The van der Waals surface area contributed by atoms with Crippen LogP contribution in [0.5, 0.6) is 5.75 Å². The molecule has 0 spiro atoms. The SMILES string of the molecule is COc1ccc(F)cc1C(C)(C)CC(C)(O)CNc1cc(C)cc2c1cnn2-c1cccc(C(=O)O)c1. The molecule has 0 amide bonds. The number of anilines is 1. The van der Waals surface area contributed by atoms with E-state index in [2.05, 4.69) is 10.4 Å². The zero-order chi connectivity index (χ0) is 27.0. The Bertz CT molecular complexity index is 1460. The van der Waals surface area contributed by atoms with Gasteiger partial charge in [-0.2, -0.15) is 5.10 Å². The van der Waals surface area contributed by atoms with E-state index in [4.69, 9.17) is 4.74 Å². The summed E-state index contributed by atoms with van der Waals surface area (Å²) in [6, 6.07) is 15.0. The molecule has 0 aliphatic heterocycles. The molecule has 37 heavy (non-hydrogen) atoms. The molecule has 0 aliphatic rings. The molecule has 0 radical (unpaired) electrons. The first-order valence-electron chi connectivity index (χ1n) is 12.0. The molecule has 1 aromatic heterocycles. The topological polar surface area (TPSA) is 96.6 Å². The maximum absolute atomic E-state index is 14.0. The quantitative estimate of drug-likeness (QED) is 0.270. The number of nitrogens with one attached hydrogen (secondary N) is 1. The van der Waals surface area contributed by atoms with Crippen LogP contribution in [0, 0.1) is 12.7 Å². The molecule has 0 aliphatic carbocycles. The minimum atomic E-state index is -1.14. The minimum absolute atomic E-state index is 0.181. The molecule has 3 aromatic carbocycles. The number of halogens is 1. The van der Waals surface area contributed by atoms with Crippen molar-refractivity contribution in [3.8, 4) is 11.4 Å². The fourth-order valence-corrected chi connectivity index (χ4v) is 4.99. The number of fused-ring (bicyclic) bond motifs is 1. The van der Waals surface area contributed by atoms with Crippen LogP contribution in [0.4, 0.5) is 10.1 Å². The number of carboxylic acids is 1. The number of methoxy groups -OCH3 is 1. The van der Waals surface area contributed by atoms with Crippen molar-refractivity contribution in [1.29, 1.82) is 0 Å². The molecular formula is C29H32FN3O4. The molecule has 0 saturated carbocycles. The van der Waals surface area contributed by atoms with Crippen LogP contribution >= 0.6 is 0 Å². The maximum atomic E-state index is 14.0. The number of aryl methyl sites for hydroxylation is 1. The fourth-order valence-electron chi connectivity index (χ4n) is 4.99. The van der Waals surface area contributed by atoms with Gasteiger partial charge in [-0.1, -0.05) is 19.9 Å². The van der Waals surface area contributed by atoms with Crippen LogP contribution in [-0.4, -0.2) is 45.2 Å². The number of rotatable bonds is 9. The Hall–Kier alpha value is -3.91. The number of aromatic nitrogens is 2. The fraction of sp³-hybridized carbons (Fsp3) is 0.310. The summed E-state index contributed by atoms with van der Waals surface area (Å²) in [7, 11) is 1.55. The predicted octanol–water partition coefficient (Wildman–Crippen LogP) is 5.71. The normalized spacial score (nSPS) is 13.4. The number of hydrogen-bond acceptors (Lipinski definition) is 5. The molecule has 8 heteroatoms. The summed E-state index contributed by atoms with van der Waals surface area (Å²) >= 11 is 0. The third kappa shape index (κ3) is 5.59. The van der Waals surface area contributed by atoms with Gasteiger partial charge >= 0.3 is 5.97 Å². The van der Waals surface area contributed by atoms with E-state index in [1.165, 1.54) is 12.1 Å². The third-order valence-electron chi connectivity index (χ3n) is 6.54. The van der Waals surface area contributed by atoms with Gasteiger partial charge in [0.15, 0.2) is 0 Å². The van der Waals surface area contributed by atoms with E-state index in [9.17, 15) is 19.4 Å². The van der Waals surface area contributed by atoms with Gasteiger partial charge in [0.1, 0.15) is 11.6 Å². The number of nitrogens with zero attached hydrogens (tertiary/aromatic N) is 2. The highest BCUT2D eigenvalue weighted by atomic mass is 19.1. The van der Waals surface area contributed by atoms with Crippen molar-refractivity contribution in [2.24, 2.45) is 0 Å². The van der Waals surface area contributed by atoms with Crippen molar-refractivity contribution in [2.75, 3.05) is 19.0 Å². The standard InChI is InChI=1S/C29H32FN3O4/c1-18-11-24(22-15-32-33(25(22)12-18)21-8-6-7-19(13-21)27(34)35)31-17-29(4,36)16-28(2,3)23-14-20(30)9-10-26(23)37-5/h6-15,31,36H,16-17H2,1-5H3,(H,34,35). The Labute approximate surface area is 215 Å². The summed E-state index contributed by atoms with van der Waals surface area (Å²) < 4.78 is 21.2. The number of benzene rings is 3. The summed E-state index contributed by atoms with van der Waals surface area (Å²) in [6.45, 7) is 7.87. The number of carboxylic acid groups (broad SMARTS) is 1.